The van der Waals surface area contributed by atoms with Crippen molar-refractivity contribution in [2.24, 2.45) is 0 Å². The second kappa shape index (κ2) is 9.58. The van der Waals surface area contributed by atoms with Gasteiger partial charge in [0.25, 0.3) is 5.91 Å². The van der Waals surface area contributed by atoms with Gasteiger partial charge in [0.15, 0.2) is 0 Å². The Balaban J connectivity index is 2.92. The number of rotatable bonds is 8. The van der Waals surface area contributed by atoms with Gasteiger partial charge in [-0.2, -0.15) is 0 Å². The molecule has 0 aliphatic carbocycles. The van der Waals surface area contributed by atoms with Crippen molar-refractivity contribution < 1.29 is 19.4 Å². The maximum Gasteiger partial charge on any atom is 0.307 e. The van der Waals surface area contributed by atoms with E-state index < -0.39 is 0 Å². The molecule has 0 bridgehead atoms. The van der Waals surface area contributed by atoms with Crippen molar-refractivity contribution in [1.82, 2.24) is 4.90 Å². The Bertz CT molecular complexity index is 503. The summed E-state index contributed by atoms with van der Waals surface area (Å²) in [6.45, 7) is 4.03. The van der Waals surface area contributed by atoms with Crippen LogP contribution in [0.3, 0.4) is 0 Å². The summed E-state index contributed by atoms with van der Waals surface area (Å²) in [6.07, 6.45) is 0.718. The Morgan fingerprint density at radius 3 is 2.55 bits per heavy atom. The van der Waals surface area contributed by atoms with Crippen LogP contribution in [0.25, 0.3) is 0 Å². The molecule has 6 heteroatoms. The van der Waals surface area contributed by atoms with Crippen LogP contribution in [0, 0.1) is 0 Å². The molecule has 0 spiro atoms. The zero-order valence-corrected chi connectivity index (χ0v) is 14.5. The van der Waals surface area contributed by atoms with Crippen molar-refractivity contribution in [2.75, 3.05) is 19.8 Å². The van der Waals surface area contributed by atoms with E-state index in [9.17, 15) is 14.7 Å². The molecule has 1 rings (SSSR count). The van der Waals surface area contributed by atoms with Gasteiger partial charge in [0.05, 0.1) is 31.2 Å². The molecule has 1 unspecified atom stereocenters. The van der Waals surface area contributed by atoms with Crippen LogP contribution < -0.4 is 0 Å². The van der Waals surface area contributed by atoms with Crippen LogP contribution in [0.5, 0.6) is 0 Å². The highest BCUT2D eigenvalue weighted by Gasteiger charge is 2.25. The summed E-state index contributed by atoms with van der Waals surface area (Å²) in [5.74, 6) is -0.558. The van der Waals surface area contributed by atoms with Crippen LogP contribution in [0.15, 0.2) is 28.7 Å². The van der Waals surface area contributed by atoms with E-state index in [1.54, 1.807) is 25.1 Å². The minimum absolute atomic E-state index is 0.112. The number of aliphatic hydroxyl groups is 1. The van der Waals surface area contributed by atoms with E-state index in [2.05, 4.69) is 15.9 Å². The van der Waals surface area contributed by atoms with Gasteiger partial charge in [0, 0.05) is 11.0 Å². The highest BCUT2D eigenvalue weighted by Crippen LogP contribution is 2.20. The molecule has 0 radical (unpaired) electrons. The number of benzene rings is 1. The number of hydrogen-bond acceptors (Lipinski definition) is 4. The van der Waals surface area contributed by atoms with Crippen LogP contribution in [0.2, 0.25) is 0 Å². The van der Waals surface area contributed by atoms with E-state index in [0.29, 0.717) is 23.1 Å². The Morgan fingerprint density at radius 2 is 2.00 bits per heavy atom. The minimum atomic E-state index is -0.347. The van der Waals surface area contributed by atoms with Gasteiger partial charge in [-0.1, -0.05) is 19.1 Å². The molecule has 0 aromatic heterocycles. The van der Waals surface area contributed by atoms with Crippen LogP contribution >= 0.6 is 15.9 Å². The maximum absolute atomic E-state index is 12.7. The predicted molar refractivity (Wildman–Crippen MR) is 87.6 cm³/mol. The van der Waals surface area contributed by atoms with Crippen LogP contribution in [-0.4, -0.2) is 47.7 Å². The molecule has 22 heavy (non-hydrogen) atoms. The smallest absolute Gasteiger partial charge is 0.307 e. The van der Waals surface area contributed by atoms with Crippen LogP contribution in [-0.2, 0) is 9.53 Å². The van der Waals surface area contributed by atoms with Gasteiger partial charge in [0.1, 0.15) is 0 Å². The first-order valence-electron chi connectivity index (χ1n) is 7.37. The van der Waals surface area contributed by atoms with Crippen molar-refractivity contribution in [3.05, 3.63) is 34.3 Å². The van der Waals surface area contributed by atoms with Gasteiger partial charge >= 0.3 is 5.97 Å². The Morgan fingerprint density at radius 1 is 1.32 bits per heavy atom. The monoisotopic (exact) mass is 371 g/mol. The van der Waals surface area contributed by atoms with Crippen molar-refractivity contribution >= 4 is 27.8 Å². The van der Waals surface area contributed by atoms with Gasteiger partial charge in [-0.25, -0.2) is 0 Å². The lowest BCUT2D eigenvalue weighted by atomic mass is 10.1. The van der Waals surface area contributed by atoms with Gasteiger partial charge in [0.2, 0.25) is 0 Å². The van der Waals surface area contributed by atoms with E-state index in [0.717, 1.165) is 0 Å². The Kier molecular flexibility index (Phi) is 8.12. The summed E-state index contributed by atoms with van der Waals surface area (Å²) in [4.78, 5) is 25.8. The molecule has 0 saturated carbocycles. The quantitative estimate of drug-likeness (QED) is 0.713. The first-order chi connectivity index (χ1) is 10.5. The third-order valence-electron chi connectivity index (χ3n) is 3.35. The molecule has 1 N–H and O–H groups in total. The van der Waals surface area contributed by atoms with E-state index in [1.807, 2.05) is 13.0 Å². The highest BCUT2D eigenvalue weighted by molar-refractivity contribution is 9.10. The number of ether oxygens (including phenoxy) is 1. The molecule has 0 aliphatic heterocycles. The number of hydrogen-bond donors (Lipinski definition) is 1. The summed E-state index contributed by atoms with van der Waals surface area (Å²) >= 11 is 3.36. The highest BCUT2D eigenvalue weighted by atomic mass is 79.9. The molecule has 122 valence electrons. The topological polar surface area (TPSA) is 66.8 Å². The molecule has 5 nitrogen and oxygen atoms in total. The van der Waals surface area contributed by atoms with Crippen LogP contribution in [0.4, 0.5) is 0 Å². The minimum Gasteiger partial charge on any atom is -0.466 e. The summed E-state index contributed by atoms with van der Waals surface area (Å²) in [7, 11) is 0. The summed E-state index contributed by atoms with van der Waals surface area (Å²) in [5.41, 5.74) is 0.512. The van der Waals surface area contributed by atoms with Gasteiger partial charge in [-0.05, 0) is 41.4 Å². The molecule has 0 fully saturated rings. The number of esters is 1. The van der Waals surface area contributed by atoms with E-state index in [4.69, 9.17) is 4.74 Å². The van der Waals surface area contributed by atoms with E-state index >= 15 is 0 Å². The fourth-order valence-electron chi connectivity index (χ4n) is 2.13. The molecular weight excluding hydrogens is 350 g/mol. The predicted octanol–water partition coefficient (Wildman–Crippen LogP) is 2.62. The van der Waals surface area contributed by atoms with E-state index in [-0.39, 0.29) is 37.5 Å². The number of amides is 1. The Hall–Kier alpha value is -1.40. The summed E-state index contributed by atoms with van der Waals surface area (Å²) in [5, 5.41) is 9.51. The molecule has 1 aromatic rings. The van der Waals surface area contributed by atoms with Gasteiger partial charge in [-0.15, -0.1) is 0 Å². The average Bonchev–Trinajstić information content (AvgIpc) is 2.51. The number of aliphatic hydroxyl groups excluding tert-OH is 1. The molecule has 0 aliphatic rings. The molecule has 0 heterocycles. The van der Waals surface area contributed by atoms with Crippen molar-refractivity contribution in [3.63, 3.8) is 0 Å². The molecule has 1 amide bonds. The van der Waals surface area contributed by atoms with Crippen molar-refractivity contribution in [1.29, 1.82) is 0 Å². The second-order valence-corrected chi connectivity index (χ2v) is 5.63. The number of nitrogens with zero attached hydrogens (tertiary/aromatic N) is 1. The number of carbonyl (C=O) groups excluding carboxylic acids is 2. The molecule has 1 atom stereocenters. The Labute approximate surface area is 139 Å². The summed E-state index contributed by atoms with van der Waals surface area (Å²) in [6, 6.07) is 6.79. The number of carbonyl (C=O) groups is 2. The van der Waals surface area contributed by atoms with Crippen molar-refractivity contribution in [2.45, 2.75) is 32.7 Å². The lowest BCUT2D eigenvalue weighted by Gasteiger charge is -2.30. The maximum atomic E-state index is 12.7. The largest absolute Gasteiger partial charge is 0.466 e. The van der Waals surface area contributed by atoms with Gasteiger partial charge < -0.3 is 14.7 Å². The SMILES string of the molecule is CCOC(=O)CCN(C(=O)c1ccccc1Br)C(CC)CO. The second-order valence-electron chi connectivity index (χ2n) is 4.78. The normalized spacial score (nSPS) is 11.8. The fourth-order valence-corrected chi connectivity index (χ4v) is 2.59. The standard InChI is InChI=1S/C16H22BrNO4/c1-3-12(11-19)18(10-9-15(20)22-4-2)16(21)13-7-5-6-8-14(13)17/h5-8,12,19H,3-4,9-11H2,1-2H3. The zero-order valence-electron chi connectivity index (χ0n) is 12.9. The third kappa shape index (κ3) is 5.10. The first-order valence-corrected chi connectivity index (χ1v) is 8.16. The fraction of sp³-hybridized carbons (Fsp3) is 0.500. The molecular formula is C16H22BrNO4. The lowest BCUT2D eigenvalue weighted by Crippen LogP contribution is -2.43. The summed E-state index contributed by atoms with van der Waals surface area (Å²) < 4.78 is 5.59. The third-order valence-corrected chi connectivity index (χ3v) is 4.04. The van der Waals surface area contributed by atoms with Gasteiger partial charge in [-0.3, -0.25) is 9.59 Å². The average molecular weight is 372 g/mol. The molecule has 1 aromatic carbocycles. The van der Waals surface area contributed by atoms with Crippen molar-refractivity contribution in [3.8, 4) is 0 Å². The lowest BCUT2D eigenvalue weighted by molar-refractivity contribution is -0.143. The first kappa shape index (κ1) is 18.6. The van der Waals surface area contributed by atoms with Crippen LogP contribution in [0.1, 0.15) is 37.0 Å². The molecule has 0 saturated heterocycles. The zero-order chi connectivity index (χ0) is 16.5. The van der Waals surface area contributed by atoms with E-state index in [1.165, 1.54) is 4.90 Å². The number of halogens is 1.